The number of hydrogen-bond acceptors (Lipinski definition) is 4. The Morgan fingerprint density at radius 1 is 1.38 bits per heavy atom. The van der Waals surface area contributed by atoms with Crippen LogP contribution >= 0.6 is 0 Å². The van der Waals surface area contributed by atoms with Gasteiger partial charge in [0.2, 0.25) is 0 Å². The molecule has 0 unspecified atom stereocenters. The summed E-state index contributed by atoms with van der Waals surface area (Å²) in [6.07, 6.45) is 6.07. The quantitative estimate of drug-likeness (QED) is 0.836. The van der Waals surface area contributed by atoms with Gasteiger partial charge in [-0.2, -0.15) is 0 Å². The summed E-state index contributed by atoms with van der Waals surface area (Å²) >= 11 is 0. The van der Waals surface area contributed by atoms with Crippen molar-refractivity contribution in [1.82, 2.24) is 15.2 Å². The molecule has 0 radical (unpaired) electrons. The molecule has 2 heterocycles. The third kappa shape index (κ3) is 5.38. The van der Waals surface area contributed by atoms with Crippen LogP contribution in [0.5, 0.6) is 0 Å². The van der Waals surface area contributed by atoms with Gasteiger partial charge in [-0.05, 0) is 36.9 Å². The largest absolute Gasteiger partial charge is 0.381 e. The molecule has 1 aromatic heterocycles. The number of nitrogens with one attached hydrogen (secondary N) is 1. The van der Waals surface area contributed by atoms with E-state index in [1.807, 2.05) is 18.5 Å². The van der Waals surface area contributed by atoms with Gasteiger partial charge in [-0.3, -0.25) is 4.98 Å². The predicted octanol–water partition coefficient (Wildman–Crippen LogP) is 2.31. The predicted molar refractivity (Wildman–Crippen MR) is 86.2 cm³/mol. The molecule has 0 amide bonds. The van der Waals surface area contributed by atoms with Crippen molar-refractivity contribution >= 4 is 0 Å². The lowest BCUT2D eigenvalue weighted by molar-refractivity contribution is -0.00249. The molecule has 0 spiro atoms. The van der Waals surface area contributed by atoms with Gasteiger partial charge in [-0.15, -0.1) is 0 Å². The first-order valence-corrected chi connectivity index (χ1v) is 7.98. The van der Waals surface area contributed by atoms with Crippen LogP contribution in [0.2, 0.25) is 0 Å². The average molecular weight is 291 g/mol. The maximum atomic E-state index is 5.58. The van der Waals surface area contributed by atoms with Crippen molar-refractivity contribution in [3.63, 3.8) is 0 Å². The van der Waals surface area contributed by atoms with E-state index < -0.39 is 0 Å². The van der Waals surface area contributed by atoms with Gasteiger partial charge in [0.25, 0.3) is 0 Å². The molecule has 1 N–H and O–H groups in total. The normalized spacial score (nSPS) is 18.3. The van der Waals surface area contributed by atoms with Crippen LogP contribution in [0.3, 0.4) is 0 Å². The maximum Gasteiger partial charge on any atom is 0.0472 e. The Balaban J connectivity index is 1.93. The zero-order chi connectivity index (χ0) is 15.1. The second kappa shape index (κ2) is 7.87. The van der Waals surface area contributed by atoms with E-state index in [0.29, 0.717) is 11.5 Å². The Labute approximate surface area is 128 Å². The molecular weight excluding hydrogens is 262 g/mol. The van der Waals surface area contributed by atoms with E-state index in [9.17, 15) is 0 Å². The Hall–Kier alpha value is -0.970. The van der Waals surface area contributed by atoms with Gasteiger partial charge >= 0.3 is 0 Å². The zero-order valence-corrected chi connectivity index (χ0v) is 13.6. The van der Waals surface area contributed by atoms with Crippen molar-refractivity contribution < 1.29 is 4.74 Å². The first kappa shape index (κ1) is 16.4. The fourth-order valence-electron chi connectivity index (χ4n) is 3.05. The summed E-state index contributed by atoms with van der Waals surface area (Å²) < 4.78 is 5.58. The standard InChI is InChI=1S/C17H29N3O/c1-15(2)19-13-17(6-9-21-10-7-17)14-20(3)12-16-5-4-8-18-11-16/h4-5,8,11,15,19H,6-7,9-10,12-14H2,1-3H3. The summed E-state index contributed by atoms with van der Waals surface area (Å²) in [6.45, 7) is 9.34. The molecular formula is C17H29N3O. The second-order valence-electron chi connectivity index (χ2n) is 6.68. The lowest BCUT2D eigenvalue weighted by atomic mass is 9.79. The first-order valence-electron chi connectivity index (χ1n) is 7.98. The zero-order valence-electron chi connectivity index (χ0n) is 13.6. The van der Waals surface area contributed by atoms with Gasteiger partial charge in [-0.1, -0.05) is 19.9 Å². The minimum absolute atomic E-state index is 0.333. The van der Waals surface area contributed by atoms with Crippen LogP contribution in [0.4, 0.5) is 0 Å². The third-order valence-corrected chi connectivity index (χ3v) is 4.22. The molecule has 1 fully saturated rings. The number of pyridine rings is 1. The van der Waals surface area contributed by atoms with E-state index in [-0.39, 0.29) is 0 Å². The maximum absolute atomic E-state index is 5.58. The molecule has 1 aromatic rings. The molecule has 0 saturated carbocycles. The lowest BCUT2D eigenvalue weighted by Gasteiger charge is -2.40. The van der Waals surface area contributed by atoms with Gasteiger partial charge in [0.1, 0.15) is 0 Å². The molecule has 118 valence electrons. The minimum Gasteiger partial charge on any atom is -0.381 e. The summed E-state index contributed by atoms with van der Waals surface area (Å²) in [7, 11) is 2.21. The van der Waals surface area contributed by atoms with Crippen molar-refractivity contribution in [1.29, 1.82) is 0 Å². The fraction of sp³-hybridized carbons (Fsp3) is 0.706. The van der Waals surface area contributed by atoms with E-state index in [1.54, 1.807) is 0 Å². The SMILES string of the molecule is CC(C)NCC1(CN(C)Cc2cccnc2)CCOCC1. The van der Waals surface area contributed by atoms with Crippen LogP contribution in [0.1, 0.15) is 32.3 Å². The van der Waals surface area contributed by atoms with E-state index in [4.69, 9.17) is 4.74 Å². The van der Waals surface area contributed by atoms with E-state index >= 15 is 0 Å². The van der Waals surface area contributed by atoms with Crippen LogP contribution in [-0.4, -0.2) is 49.3 Å². The summed E-state index contributed by atoms with van der Waals surface area (Å²) in [4.78, 5) is 6.62. The van der Waals surface area contributed by atoms with Crippen LogP contribution in [0.25, 0.3) is 0 Å². The monoisotopic (exact) mass is 291 g/mol. The molecule has 0 aliphatic carbocycles. The van der Waals surface area contributed by atoms with Gasteiger partial charge in [0.05, 0.1) is 0 Å². The summed E-state index contributed by atoms with van der Waals surface area (Å²) in [5.74, 6) is 0. The van der Waals surface area contributed by atoms with Crippen molar-refractivity contribution in [2.45, 2.75) is 39.3 Å². The number of aromatic nitrogens is 1. The Morgan fingerprint density at radius 3 is 2.76 bits per heavy atom. The van der Waals surface area contributed by atoms with Crippen molar-refractivity contribution in [3.05, 3.63) is 30.1 Å². The highest BCUT2D eigenvalue weighted by Gasteiger charge is 2.33. The van der Waals surface area contributed by atoms with Crippen molar-refractivity contribution in [3.8, 4) is 0 Å². The number of ether oxygens (including phenoxy) is 1. The van der Waals surface area contributed by atoms with Gasteiger partial charge in [0.15, 0.2) is 0 Å². The van der Waals surface area contributed by atoms with Gasteiger partial charge in [-0.25, -0.2) is 0 Å². The second-order valence-corrected chi connectivity index (χ2v) is 6.68. The molecule has 0 bridgehead atoms. The Bertz CT molecular complexity index is 402. The summed E-state index contributed by atoms with van der Waals surface area (Å²) in [5, 5.41) is 3.63. The highest BCUT2D eigenvalue weighted by Crippen LogP contribution is 2.31. The first-order chi connectivity index (χ1) is 10.1. The molecule has 1 aliphatic rings. The van der Waals surface area contributed by atoms with E-state index in [1.165, 1.54) is 5.56 Å². The molecule has 4 heteroatoms. The van der Waals surface area contributed by atoms with Gasteiger partial charge < -0.3 is 15.0 Å². The smallest absolute Gasteiger partial charge is 0.0472 e. The van der Waals surface area contributed by atoms with Crippen molar-refractivity contribution in [2.75, 3.05) is 33.4 Å². The Kier molecular flexibility index (Phi) is 6.15. The van der Waals surface area contributed by atoms with E-state index in [2.05, 4.69) is 42.2 Å². The minimum atomic E-state index is 0.333. The highest BCUT2D eigenvalue weighted by atomic mass is 16.5. The number of hydrogen-bond donors (Lipinski definition) is 1. The lowest BCUT2D eigenvalue weighted by Crippen LogP contribution is -2.47. The average Bonchev–Trinajstić information content (AvgIpc) is 2.47. The molecule has 0 atom stereocenters. The van der Waals surface area contributed by atoms with E-state index in [0.717, 1.165) is 45.7 Å². The molecule has 4 nitrogen and oxygen atoms in total. The fourth-order valence-corrected chi connectivity index (χ4v) is 3.05. The van der Waals surface area contributed by atoms with Crippen LogP contribution in [0, 0.1) is 5.41 Å². The summed E-state index contributed by atoms with van der Waals surface area (Å²) in [5.41, 5.74) is 1.61. The van der Waals surface area contributed by atoms with Crippen LogP contribution in [-0.2, 0) is 11.3 Å². The molecule has 1 saturated heterocycles. The van der Waals surface area contributed by atoms with Crippen LogP contribution in [0.15, 0.2) is 24.5 Å². The molecule has 2 rings (SSSR count). The molecule has 0 aromatic carbocycles. The number of nitrogens with zero attached hydrogens (tertiary/aromatic N) is 2. The highest BCUT2D eigenvalue weighted by molar-refractivity contribution is 5.08. The third-order valence-electron chi connectivity index (χ3n) is 4.22. The Morgan fingerprint density at radius 2 is 2.14 bits per heavy atom. The molecule has 21 heavy (non-hydrogen) atoms. The van der Waals surface area contributed by atoms with Gasteiger partial charge in [0, 0.05) is 51.3 Å². The summed E-state index contributed by atoms with van der Waals surface area (Å²) in [6, 6.07) is 4.69. The van der Waals surface area contributed by atoms with Crippen LogP contribution < -0.4 is 5.32 Å². The molecule has 1 aliphatic heterocycles. The van der Waals surface area contributed by atoms with Crippen molar-refractivity contribution in [2.24, 2.45) is 5.41 Å². The topological polar surface area (TPSA) is 37.4 Å². The number of rotatable bonds is 7.